The molecule has 0 unspecified atom stereocenters. The van der Waals surface area contributed by atoms with Gasteiger partial charge in [-0.05, 0) is 26.4 Å². The van der Waals surface area contributed by atoms with Gasteiger partial charge in [0.15, 0.2) is 12.3 Å². The first-order valence-electron chi connectivity index (χ1n) is 9.60. The predicted molar refractivity (Wildman–Crippen MR) is 95.5 cm³/mol. The molecule has 0 aromatic rings. The van der Waals surface area contributed by atoms with Crippen LogP contribution >= 0.6 is 0 Å². The number of nitrogens with one attached hydrogen (secondary N) is 2. The minimum atomic E-state index is 0. The van der Waals surface area contributed by atoms with Crippen LogP contribution in [0.25, 0.3) is 0 Å². The average molecular weight is 500 g/mol. The monoisotopic (exact) mass is 498 g/mol. The van der Waals surface area contributed by atoms with Crippen molar-refractivity contribution < 1.29 is 52.5 Å². The lowest BCUT2D eigenvalue weighted by molar-refractivity contribution is -1.07. The van der Waals surface area contributed by atoms with Gasteiger partial charge in [-0.25, -0.2) is 0 Å². The minimum Gasteiger partial charge on any atom is -1.00 e. The maximum atomic E-state index is 12.3. The van der Waals surface area contributed by atoms with Crippen LogP contribution in [-0.4, -0.2) is 93.2 Å². The molecular weight excluding hydrogens is 464 g/mol. The SMILES string of the molecule is CNCCCCCCNC(=O)C[N+]12CC[N+](CC(C)=O)(CC1)CC2.[Br-].[Br-]. The van der Waals surface area contributed by atoms with Gasteiger partial charge in [-0.15, -0.1) is 0 Å². The van der Waals surface area contributed by atoms with Crippen LogP contribution in [0.4, 0.5) is 0 Å². The second-order valence-electron chi connectivity index (χ2n) is 7.91. The predicted octanol–water partition coefficient (Wildman–Crippen LogP) is -5.86. The molecule has 0 aliphatic carbocycles. The van der Waals surface area contributed by atoms with E-state index < -0.39 is 0 Å². The molecule has 26 heavy (non-hydrogen) atoms. The molecule has 154 valence electrons. The lowest BCUT2D eigenvalue weighted by atomic mass is 10.1. The summed E-state index contributed by atoms with van der Waals surface area (Å²) < 4.78 is 1.90. The van der Waals surface area contributed by atoms with Gasteiger partial charge in [-0.2, -0.15) is 0 Å². The quantitative estimate of drug-likeness (QED) is 0.220. The van der Waals surface area contributed by atoms with E-state index in [1.165, 1.54) is 19.3 Å². The van der Waals surface area contributed by atoms with Crippen molar-refractivity contribution in [1.82, 2.24) is 10.6 Å². The third-order valence-corrected chi connectivity index (χ3v) is 5.86. The van der Waals surface area contributed by atoms with Gasteiger partial charge in [0.2, 0.25) is 0 Å². The van der Waals surface area contributed by atoms with Crippen LogP contribution in [0.2, 0.25) is 0 Å². The number of rotatable bonds is 11. The molecule has 3 aliphatic heterocycles. The summed E-state index contributed by atoms with van der Waals surface area (Å²) in [5.74, 6) is 0.503. The molecule has 2 N–H and O–H groups in total. The van der Waals surface area contributed by atoms with E-state index in [2.05, 4.69) is 10.6 Å². The maximum Gasteiger partial charge on any atom is 0.275 e. The number of carbonyl (C=O) groups is 2. The Labute approximate surface area is 179 Å². The summed E-state index contributed by atoms with van der Waals surface area (Å²) in [6, 6.07) is 0. The molecule has 0 spiro atoms. The van der Waals surface area contributed by atoms with E-state index in [4.69, 9.17) is 0 Å². The highest BCUT2D eigenvalue weighted by Crippen LogP contribution is 2.26. The highest BCUT2D eigenvalue weighted by molar-refractivity contribution is 5.77. The molecule has 1 amide bonds. The third kappa shape index (κ3) is 7.92. The number of carbonyl (C=O) groups excluding carboxylic acids is 2. The first-order chi connectivity index (χ1) is 11.5. The van der Waals surface area contributed by atoms with Crippen molar-refractivity contribution in [3.05, 3.63) is 0 Å². The van der Waals surface area contributed by atoms with E-state index in [9.17, 15) is 9.59 Å². The molecule has 0 aromatic carbocycles. The largest absolute Gasteiger partial charge is 1.00 e. The summed E-state index contributed by atoms with van der Waals surface area (Å²) in [5, 5.41) is 6.27. The van der Waals surface area contributed by atoms with E-state index >= 15 is 0 Å². The molecule has 3 heterocycles. The van der Waals surface area contributed by atoms with Gasteiger partial charge in [-0.3, -0.25) is 9.59 Å². The number of amides is 1. The minimum absolute atomic E-state index is 0. The number of Topliss-reactive ketones (excluding diaryl/α,β-unsaturated/α-hetero) is 1. The zero-order chi connectivity index (χ0) is 17.5. The molecule has 3 saturated heterocycles. The molecule has 0 atom stereocenters. The number of unbranched alkanes of at least 4 members (excludes halogenated alkanes) is 3. The Kier molecular flexibility index (Phi) is 12.4. The molecule has 3 fully saturated rings. The van der Waals surface area contributed by atoms with E-state index in [0.29, 0.717) is 18.9 Å². The van der Waals surface area contributed by atoms with E-state index in [1.54, 1.807) is 6.92 Å². The van der Waals surface area contributed by atoms with Crippen LogP contribution in [0, 0.1) is 0 Å². The number of hydrogen-bond acceptors (Lipinski definition) is 3. The summed E-state index contributed by atoms with van der Waals surface area (Å²) in [6.45, 7) is 11.2. The Bertz CT molecular complexity index is 424. The summed E-state index contributed by atoms with van der Waals surface area (Å²) >= 11 is 0. The Morgan fingerprint density at radius 1 is 0.769 bits per heavy atom. The smallest absolute Gasteiger partial charge is 0.275 e. The van der Waals surface area contributed by atoms with E-state index in [1.807, 2.05) is 7.05 Å². The summed E-state index contributed by atoms with van der Waals surface area (Å²) in [5.41, 5.74) is 0. The lowest BCUT2D eigenvalue weighted by Crippen LogP contribution is -3.00. The zero-order valence-electron chi connectivity index (χ0n) is 16.4. The second-order valence-corrected chi connectivity index (χ2v) is 7.91. The van der Waals surface area contributed by atoms with Crippen molar-refractivity contribution in [2.75, 3.05) is 72.5 Å². The van der Waals surface area contributed by atoms with Crippen molar-refractivity contribution in [2.45, 2.75) is 32.6 Å². The highest BCUT2D eigenvalue weighted by atomic mass is 79.9. The maximum absolute atomic E-state index is 12.3. The second kappa shape index (κ2) is 12.4. The van der Waals surface area contributed by atoms with Crippen molar-refractivity contribution in [2.24, 2.45) is 0 Å². The van der Waals surface area contributed by atoms with E-state index in [0.717, 1.165) is 67.7 Å². The van der Waals surface area contributed by atoms with Crippen LogP contribution in [0.1, 0.15) is 32.6 Å². The highest BCUT2D eigenvalue weighted by Gasteiger charge is 2.50. The fourth-order valence-corrected chi connectivity index (χ4v) is 4.26. The number of piperazine rings is 3. The van der Waals surface area contributed by atoms with Gasteiger partial charge >= 0.3 is 0 Å². The van der Waals surface area contributed by atoms with Gasteiger partial charge in [-0.1, -0.05) is 12.8 Å². The fourth-order valence-electron chi connectivity index (χ4n) is 4.26. The topological polar surface area (TPSA) is 58.2 Å². The number of fused-ring (bicyclic) bond motifs is 3. The van der Waals surface area contributed by atoms with Crippen LogP contribution in [0.15, 0.2) is 0 Å². The molecule has 3 aliphatic rings. The van der Waals surface area contributed by atoms with Crippen LogP contribution in [-0.2, 0) is 9.59 Å². The van der Waals surface area contributed by atoms with E-state index in [-0.39, 0.29) is 39.9 Å². The number of halogens is 2. The summed E-state index contributed by atoms with van der Waals surface area (Å²) in [6.07, 6.45) is 4.71. The molecule has 0 saturated carbocycles. The Morgan fingerprint density at radius 3 is 1.69 bits per heavy atom. The van der Waals surface area contributed by atoms with Crippen LogP contribution < -0.4 is 44.6 Å². The van der Waals surface area contributed by atoms with Gasteiger partial charge in [0, 0.05) is 13.5 Å². The van der Waals surface area contributed by atoms with Gasteiger partial charge in [0.25, 0.3) is 5.91 Å². The molecule has 6 nitrogen and oxygen atoms in total. The normalized spacial score (nSPS) is 26.5. The Balaban J connectivity index is 0.00000312. The van der Waals surface area contributed by atoms with Crippen molar-refractivity contribution in [3.63, 3.8) is 0 Å². The average Bonchev–Trinajstić information content (AvgIpc) is 2.55. The third-order valence-electron chi connectivity index (χ3n) is 5.86. The van der Waals surface area contributed by atoms with Gasteiger partial charge < -0.3 is 53.6 Å². The molecule has 8 heteroatoms. The zero-order valence-corrected chi connectivity index (χ0v) is 19.5. The molecule has 0 aromatic heterocycles. The van der Waals surface area contributed by atoms with Crippen LogP contribution in [0.3, 0.4) is 0 Å². The molecule has 3 rings (SSSR count). The summed E-state index contributed by atoms with van der Waals surface area (Å²) in [7, 11) is 1.98. The van der Waals surface area contributed by atoms with Crippen LogP contribution in [0.5, 0.6) is 0 Å². The van der Waals surface area contributed by atoms with Gasteiger partial charge in [0.1, 0.15) is 45.8 Å². The Morgan fingerprint density at radius 2 is 1.23 bits per heavy atom. The molecular formula is C18H36Br2N4O2. The molecule has 0 radical (unpaired) electrons. The summed E-state index contributed by atoms with van der Waals surface area (Å²) in [4.78, 5) is 23.8. The number of nitrogens with zero attached hydrogens (tertiary/aromatic N) is 2. The number of ketones is 1. The lowest BCUT2D eigenvalue weighted by Gasteiger charge is -2.54. The first kappa shape index (κ1) is 26.0. The van der Waals surface area contributed by atoms with Crippen molar-refractivity contribution in [1.29, 1.82) is 0 Å². The molecule has 2 bridgehead atoms. The number of quaternary nitrogens is 2. The standard InChI is InChI=1S/C18H35N4O2.2BrH/c1-17(23)15-21-9-12-22(13-10-21,14-11-21)16-18(24)20-8-6-4-3-5-7-19-2;;/h19H,3-16H2,1-2H3;2*1H/q+1;;/p-1. The van der Waals surface area contributed by atoms with Gasteiger partial charge in [0.05, 0.1) is 0 Å². The van der Waals surface area contributed by atoms with Crippen molar-refractivity contribution in [3.8, 4) is 0 Å². The van der Waals surface area contributed by atoms with Crippen molar-refractivity contribution >= 4 is 11.7 Å². The Hall–Kier alpha value is -0.0200. The fraction of sp³-hybridized carbons (Fsp3) is 0.889. The number of hydrogen-bond donors (Lipinski definition) is 2. The first-order valence-corrected chi connectivity index (χ1v) is 9.60.